The minimum absolute atomic E-state index is 0.825. The van der Waals surface area contributed by atoms with Crippen LogP contribution in [-0.2, 0) is 6.42 Å². The Bertz CT molecular complexity index is 647. The smallest absolute Gasteiger partial charge is 0.0918 e. The molecule has 0 aliphatic heterocycles. The van der Waals surface area contributed by atoms with Crippen molar-refractivity contribution in [3.63, 3.8) is 0 Å². The van der Waals surface area contributed by atoms with Gasteiger partial charge in [-0.2, -0.15) is 4.99 Å². The van der Waals surface area contributed by atoms with Crippen LogP contribution in [0.3, 0.4) is 0 Å². The van der Waals surface area contributed by atoms with E-state index >= 15 is 0 Å². The predicted molar refractivity (Wildman–Crippen MR) is 66.5 cm³/mol. The molecule has 0 saturated carbocycles. The minimum atomic E-state index is 0.825. The molecule has 0 spiro atoms. The third-order valence-corrected chi connectivity index (χ3v) is 2.95. The van der Waals surface area contributed by atoms with Gasteiger partial charge in [0.05, 0.1) is 11.7 Å². The Balaban J connectivity index is 2.48. The molecule has 0 atom stereocenters. The number of nitrogens with zero attached hydrogens (tertiary/aromatic N) is 1. The average Bonchev–Trinajstić information content (AvgIpc) is 2.33. The van der Waals surface area contributed by atoms with Gasteiger partial charge in [0.2, 0.25) is 0 Å². The quantitative estimate of drug-likeness (QED) is 0.689. The zero-order valence-electron chi connectivity index (χ0n) is 8.70. The molecule has 0 bridgehead atoms. The van der Waals surface area contributed by atoms with E-state index in [4.69, 9.17) is 5.41 Å². The van der Waals surface area contributed by atoms with Gasteiger partial charge in [0.1, 0.15) is 0 Å². The van der Waals surface area contributed by atoms with Gasteiger partial charge in [-0.25, -0.2) is 5.41 Å². The van der Waals surface area contributed by atoms with E-state index in [-0.39, 0.29) is 0 Å². The van der Waals surface area contributed by atoms with Crippen LogP contribution in [0.4, 0.5) is 5.69 Å². The molecule has 1 aliphatic rings. The third kappa shape index (κ3) is 1.21. The van der Waals surface area contributed by atoms with Crippen molar-refractivity contribution in [3.8, 4) is 0 Å². The van der Waals surface area contributed by atoms with E-state index in [0.717, 1.165) is 17.7 Å². The number of nitrogens with one attached hydrogen (secondary N) is 1. The van der Waals surface area contributed by atoms with E-state index in [0.29, 0.717) is 0 Å². The highest BCUT2D eigenvalue weighted by Gasteiger charge is 2.11. The fraction of sp³-hybridized carbons (Fsp3) is 0.0714. The van der Waals surface area contributed by atoms with Gasteiger partial charge < -0.3 is 0 Å². The van der Waals surface area contributed by atoms with Gasteiger partial charge in [0.25, 0.3) is 0 Å². The zero-order valence-corrected chi connectivity index (χ0v) is 8.70. The van der Waals surface area contributed by atoms with Crippen molar-refractivity contribution >= 4 is 28.5 Å². The lowest BCUT2D eigenvalue weighted by Crippen LogP contribution is -1.92. The Hall–Kier alpha value is -2.18. The van der Waals surface area contributed by atoms with Crippen molar-refractivity contribution in [2.75, 3.05) is 0 Å². The van der Waals surface area contributed by atoms with Crippen molar-refractivity contribution in [1.82, 2.24) is 0 Å². The Morgan fingerprint density at radius 1 is 1.19 bits per heavy atom. The second-order valence-corrected chi connectivity index (χ2v) is 3.84. The van der Waals surface area contributed by atoms with Gasteiger partial charge in [-0.3, -0.25) is 0 Å². The van der Waals surface area contributed by atoms with Crippen molar-refractivity contribution in [3.05, 3.63) is 47.5 Å². The summed E-state index contributed by atoms with van der Waals surface area (Å²) >= 11 is 0. The molecule has 0 saturated heterocycles. The maximum absolute atomic E-state index is 6.95. The number of rotatable bonds is 1. The SMILES string of the molecule is N=C=Nc1ccc2cccc3c2c1C=CC3. The largest absolute Gasteiger partial charge is 0.241 e. The van der Waals surface area contributed by atoms with Crippen LogP contribution in [0.1, 0.15) is 11.1 Å². The molecule has 0 heterocycles. The number of hydrogen-bond acceptors (Lipinski definition) is 2. The summed E-state index contributed by atoms with van der Waals surface area (Å²) in [6, 6.07) is 12.4. The van der Waals surface area contributed by atoms with E-state index in [2.05, 4.69) is 47.4 Å². The summed E-state index contributed by atoms with van der Waals surface area (Å²) in [7, 11) is 0. The fourth-order valence-corrected chi connectivity index (χ4v) is 2.27. The van der Waals surface area contributed by atoms with E-state index < -0.39 is 0 Å². The highest BCUT2D eigenvalue weighted by atomic mass is 14.7. The summed E-state index contributed by atoms with van der Waals surface area (Å²) < 4.78 is 0. The first-order valence-electron chi connectivity index (χ1n) is 5.24. The molecule has 0 amide bonds. The van der Waals surface area contributed by atoms with Crippen molar-refractivity contribution < 1.29 is 0 Å². The molecule has 2 aromatic carbocycles. The van der Waals surface area contributed by atoms with Crippen LogP contribution >= 0.6 is 0 Å². The van der Waals surface area contributed by atoms with E-state index in [9.17, 15) is 0 Å². The van der Waals surface area contributed by atoms with Crippen LogP contribution in [0.25, 0.3) is 16.8 Å². The minimum Gasteiger partial charge on any atom is -0.241 e. The molecule has 16 heavy (non-hydrogen) atoms. The van der Waals surface area contributed by atoms with Crippen molar-refractivity contribution in [2.45, 2.75) is 6.42 Å². The van der Waals surface area contributed by atoms with Gasteiger partial charge in [0, 0.05) is 5.56 Å². The summed E-state index contributed by atoms with van der Waals surface area (Å²) in [5.74, 6) is 0. The Morgan fingerprint density at radius 2 is 2.12 bits per heavy atom. The molecule has 76 valence electrons. The maximum Gasteiger partial charge on any atom is 0.0918 e. The Morgan fingerprint density at radius 3 is 3.00 bits per heavy atom. The number of allylic oxidation sites excluding steroid dienone is 1. The van der Waals surface area contributed by atoms with Crippen LogP contribution < -0.4 is 0 Å². The van der Waals surface area contributed by atoms with Crippen LogP contribution in [0.2, 0.25) is 0 Å². The van der Waals surface area contributed by atoms with Gasteiger partial charge in [0.15, 0.2) is 0 Å². The predicted octanol–water partition coefficient (Wildman–Crippen LogP) is 3.79. The third-order valence-electron chi connectivity index (χ3n) is 2.95. The lowest BCUT2D eigenvalue weighted by molar-refractivity contribution is 1.29. The van der Waals surface area contributed by atoms with Crippen LogP contribution in [0, 0.1) is 5.41 Å². The molecule has 1 N–H and O–H groups in total. The molecule has 0 aromatic heterocycles. The summed E-state index contributed by atoms with van der Waals surface area (Å²) in [6.07, 6.45) is 5.20. The normalized spacial score (nSPS) is 12.5. The first kappa shape index (κ1) is 9.08. The molecule has 0 radical (unpaired) electrons. The first-order chi connectivity index (χ1) is 7.90. The summed E-state index contributed by atoms with van der Waals surface area (Å²) in [5.41, 5.74) is 3.27. The standard InChI is InChI=1S/C14H10N2/c15-9-16-13-8-7-11-4-1-3-10-5-2-6-12(13)14(10)11/h1-4,6-8,15H,5H2. The molecule has 3 rings (SSSR count). The second kappa shape index (κ2) is 3.44. The highest BCUT2D eigenvalue weighted by molar-refractivity contribution is 5.99. The lowest BCUT2D eigenvalue weighted by atomic mass is 9.92. The maximum atomic E-state index is 6.95. The monoisotopic (exact) mass is 206 g/mol. The van der Waals surface area contributed by atoms with Crippen molar-refractivity contribution in [1.29, 1.82) is 5.41 Å². The number of aliphatic imine (C=N–C) groups is 1. The fourth-order valence-electron chi connectivity index (χ4n) is 2.27. The van der Waals surface area contributed by atoms with Gasteiger partial charge in [-0.1, -0.05) is 36.4 Å². The molecular formula is C14H10N2. The highest BCUT2D eigenvalue weighted by Crippen LogP contribution is 2.34. The summed E-state index contributed by atoms with van der Waals surface area (Å²) in [6.45, 7) is 0. The van der Waals surface area contributed by atoms with E-state index in [1.165, 1.54) is 16.3 Å². The molecular weight excluding hydrogens is 196 g/mol. The molecule has 2 nitrogen and oxygen atoms in total. The summed E-state index contributed by atoms with van der Waals surface area (Å²) in [4.78, 5) is 3.97. The van der Waals surface area contributed by atoms with E-state index in [1.54, 1.807) is 0 Å². The zero-order chi connectivity index (χ0) is 11.0. The lowest BCUT2D eigenvalue weighted by Gasteiger charge is -2.13. The second-order valence-electron chi connectivity index (χ2n) is 3.84. The molecule has 1 aliphatic carbocycles. The van der Waals surface area contributed by atoms with E-state index in [1.807, 2.05) is 6.07 Å². The van der Waals surface area contributed by atoms with Crippen molar-refractivity contribution in [2.24, 2.45) is 4.99 Å². The number of benzene rings is 2. The first-order valence-corrected chi connectivity index (χ1v) is 5.24. The molecule has 2 aromatic rings. The van der Waals surface area contributed by atoms with Crippen LogP contribution in [0.15, 0.2) is 41.4 Å². The van der Waals surface area contributed by atoms with Crippen LogP contribution in [0.5, 0.6) is 0 Å². The Kier molecular flexibility index (Phi) is 1.95. The molecule has 2 heteroatoms. The molecule has 0 fully saturated rings. The van der Waals surface area contributed by atoms with Gasteiger partial charge in [-0.15, -0.1) is 0 Å². The van der Waals surface area contributed by atoms with Gasteiger partial charge >= 0.3 is 0 Å². The Labute approximate surface area is 93.5 Å². The van der Waals surface area contributed by atoms with Gasteiger partial charge in [-0.05, 0) is 28.8 Å². The topological polar surface area (TPSA) is 36.2 Å². The number of hydrogen-bond donors (Lipinski definition) is 1. The average molecular weight is 206 g/mol. The van der Waals surface area contributed by atoms with Crippen LogP contribution in [-0.4, -0.2) is 6.01 Å². The summed E-state index contributed by atoms with van der Waals surface area (Å²) in [5, 5.41) is 9.45. The molecule has 0 unspecified atom stereocenters.